The minimum absolute atomic E-state index is 0. The van der Waals surface area contributed by atoms with Crippen LogP contribution in [-0.2, 0) is 0 Å². The number of hydrogen-bond acceptors (Lipinski definition) is 2. The second kappa shape index (κ2) is 8.57. The standard InChI is InChI=1S/C13H22N2.ClH/c1-12(13-8-5-4-6-9-13)14-10-7-11-15(2)3;/h4-6,8-9,12,14H,7,10-11H2,1-3H3;1H. The number of benzene rings is 1. The molecule has 0 amide bonds. The lowest BCUT2D eigenvalue weighted by Crippen LogP contribution is -2.23. The number of halogens is 1. The van der Waals surface area contributed by atoms with Gasteiger partial charge in [0.25, 0.3) is 0 Å². The van der Waals surface area contributed by atoms with Crippen LogP contribution in [0.3, 0.4) is 0 Å². The Morgan fingerprint density at radius 1 is 1.19 bits per heavy atom. The summed E-state index contributed by atoms with van der Waals surface area (Å²) in [5, 5.41) is 3.53. The van der Waals surface area contributed by atoms with E-state index in [1.807, 2.05) is 0 Å². The summed E-state index contributed by atoms with van der Waals surface area (Å²) >= 11 is 0. The molecule has 1 atom stereocenters. The largest absolute Gasteiger partial charge is 0.310 e. The monoisotopic (exact) mass is 242 g/mol. The molecule has 0 spiro atoms. The van der Waals surface area contributed by atoms with E-state index >= 15 is 0 Å². The molecule has 0 aliphatic heterocycles. The fraction of sp³-hybridized carbons (Fsp3) is 0.538. The first-order chi connectivity index (χ1) is 7.20. The van der Waals surface area contributed by atoms with Crippen molar-refractivity contribution >= 4 is 12.4 Å². The SMILES string of the molecule is CC(NCCCN(C)C)c1ccccc1.Cl. The van der Waals surface area contributed by atoms with Gasteiger partial charge in [0, 0.05) is 6.04 Å². The van der Waals surface area contributed by atoms with E-state index in [2.05, 4.69) is 61.6 Å². The first-order valence-corrected chi connectivity index (χ1v) is 5.63. The first kappa shape index (κ1) is 15.4. The average Bonchev–Trinajstić information content (AvgIpc) is 2.25. The van der Waals surface area contributed by atoms with Crippen molar-refractivity contribution in [3.63, 3.8) is 0 Å². The summed E-state index contributed by atoms with van der Waals surface area (Å²) in [5.74, 6) is 0. The molecule has 92 valence electrons. The second-order valence-electron chi connectivity index (χ2n) is 4.24. The Hall–Kier alpha value is -0.570. The molecule has 0 bridgehead atoms. The number of rotatable bonds is 6. The Morgan fingerprint density at radius 2 is 1.81 bits per heavy atom. The number of nitrogens with one attached hydrogen (secondary N) is 1. The maximum atomic E-state index is 3.53. The van der Waals surface area contributed by atoms with E-state index in [0.717, 1.165) is 13.1 Å². The average molecular weight is 243 g/mol. The molecule has 0 heterocycles. The normalized spacial score (nSPS) is 12.2. The van der Waals surface area contributed by atoms with Gasteiger partial charge in [0.15, 0.2) is 0 Å². The van der Waals surface area contributed by atoms with Gasteiger partial charge in [-0.25, -0.2) is 0 Å². The van der Waals surface area contributed by atoms with Crippen LogP contribution < -0.4 is 5.32 Å². The smallest absolute Gasteiger partial charge is 0.0291 e. The van der Waals surface area contributed by atoms with Gasteiger partial charge in [0.05, 0.1) is 0 Å². The van der Waals surface area contributed by atoms with Crippen LogP contribution in [0, 0.1) is 0 Å². The van der Waals surface area contributed by atoms with Crippen LogP contribution in [0.25, 0.3) is 0 Å². The van der Waals surface area contributed by atoms with Crippen LogP contribution in [-0.4, -0.2) is 32.1 Å². The van der Waals surface area contributed by atoms with E-state index in [0.29, 0.717) is 6.04 Å². The summed E-state index contributed by atoms with van der Waals surface area (Å²) in [6.45, 7) is 4.44. The van der Waals surface area contributed by atoms with E-state index in [4.69, 9.17) is 0 Å². The third kappa shape index (κ3) is 6.11. The number of nitrogens with zero attached hydrogens (tertiary/aromatic N) is 1. The van der Waals surface area contributed by atoms with Gasteiger partial charge in [-0.2, -0.15) is 0 Å². The molecule has 0 saturated carbocycles. The lowest BCUT2D eigenvalue weighted by Gasteiger charge is -2.15. The van der Waals surface area contributed by atoms with Gasteiger partial charge in [-0.3, -0.25) is 0 Å². The highest BCUT2D eigenvalue weighted by molar-refractivity contribution is 5.85. The van der Waals surface area contributed by atoms with Crippen molar-refractivity contribution in [1.82, 2.24) is 10.2 Å². The van der Waals surface area contributed by atoms with Gasteiger partial charge in [0.1, 0.15) is 0 Å². The molecular weight excluding hydrogens is 220 g/mol. The minimum atomic E-state index is 0. The van der Waals surface area contributed by atoms with Crippen LogP contribution >= 0.6 is 12.4 Å². The maximum absolute atomic E-state index is 3.53. The summed E-state index contributed by atoms with van der Waals surface area (Å²) in [7, 11) is 4.22. The third-order valence-corrected chi connectivity index (χ3v) is 2.53. The van der Waals surface area contributed by atoms with Crippen molar-refractivity contribution in [2.24, 2.45) is 0 Å². The third-order valence-electron chi connectivity index (χ3n) is 2.53. The zero-order chi connectivity index (χ0) is 11.1. The molecule has 1 rings (SSSR count). The molecule has 16 heavy (non-hydrogen) atoms. The number of hydrogen-bond donors (Lipinski definition) is 1. The molecular formula is C13H23ClN2. The predicted molar refractivity (Wildman–Crippen MR) is 73.3 cm³/mol. The molecule has 1 unspecified atom stereocenters. The van der Waals surface area contributed by atoms with Crippen molar-refractivity contribution in [2.75, 3.05) is 27.2 Å². The minimum Gasteiger partial charge on any atom is -0.310 e. The fourth-order valence-electron chi connectivity index (χ4n) is 1.57. The Morgan fingerprint density at radius 3 is 2.38 bits per heavy atom. The van der Waals surface area contributed by atoms with E-state index in [1.54, 1.807) is 0 Å². The van der Waals surface area contributed by atoms with E-state index < -0.39 is 0 Å². The highest BCUT2D eigenvalue weighted by atomic mass is 35.5. The van der Waals surface area contributed by atoms with Gasteiger partial charge in [-0.05, 0) is 46.1 Å². The summed E-state index contributed by atoms with van der Waals surface area (Å²) in [5.41, 5.74) is 1.36. The Bertz CT molecular complexity index is 262. The lowest BCUT2D eigenvalue weighted by atomic mass is 10.1. The van der Waals surface area contributed by atoms with Crippen molar-refractivity contribution in [2.45, 2.75) is 19.4 Å². The van der Waals surface area contributed by atoms with Gasteiger partial charge >= 0.3 is 0 Å². The summed E-state index contributed by atoms with van der Waals surface area (Å²) in [4.78, 5) is 2.22. The van der Waals surface area contributed by atoms with Crippen molar-refractivity contribution in [3.05, 3.63) is 35.9 Å². The molecule has 0 radical (unpaired) electrons. The molecule has 0 aromatic heterocycles. The van der Waals surface area contributed by atoms with Crippen LogP contribution in [0.1, 0.15) is 24.9 Å². The van der Waals surface area contributed by atoms with Crippen molar-refractivity contribution < 1.29 is 0 Å². The molecule has 1 aromatic carbocycles. The van der Waals surface area contributed by atoms with Gasteiger partial charge in [0.2, 0.25) is 0 Å². The maximum Gasteiger partial charge on any atom is 0.0291 e. The van der Waals surface area contributed by atoms with E-state index in [9.17, 15) is 0 Å². The first-order valence-electron chi connectivity index (χ1n) is 5.63. The Labute approximate surface area is 105 Å². The highest BCUT2D eigenvalue weighted by Crippen LogP contribution is 2.10. The van der Waals surface area contributed by atoms with Crippen molar-refractivity contribution in [3.8, 4) is 0 Å². The van der Waals surface area contributed by atoms with Gasteiger partial charge < -0.3 is 10.2 Å². The molecule has 0 aliphatic rings. The predicted octanol–water partition coefficient (Wildman–Crippen LogP) is 2.71. The molecule has 3 heteroatoms. The van der Waals surface area contributed by atoms with Gasteiger partial charge in [-0.1, -0.05) is 30.3 Å². The summed E-state index contributed by atoms with van der Waals surface area (Å²) in [6.07, 6.45) is 1.20. The molecule has 1 N–H and O–H groups in total. The van der Waals surface area contributed by atoms with E-state index in [1.165, 1.54) is 12.0 Å². The molecule has 1 aromatic rings. The molecule has 0 fully saturated rings. The lowest BCUT2D eigenvalue weighted by molar-refractivity contribution is 0.389. The van der Waals surface area contributed by atoms with Crippen molar-refractivity contribution in [1.29, 1.82) is 0 Å². The van der Waals surface area contributed by atoms with Crippen LogP contribution in [0.4, 0.5) is 0 Å². The van der Waals surface area contributed by atoms with Crippen LogP contribution in [0.15, 0.2) is 30.3 Å². The Balaban J connectivity index is 0.00000225. The van der Waals surface area contributed by atoms with Gasteiger partial charge in [-0.15, -0.1) is 12.4 Å². The molecule has 0 saturated heterocycles. The second-order valence-corrected chi connectivity index (χ2v) is 4.24. The van der Waals surface area contributed by atoms with Crippen LogP contribution in [0.5, 0.6) is 0 Å². The zero-order valence-electron chi connectivity index (χ0n) is 10.4. The Kier molecular flexibility index (Phi) is 8.26. The zero-order valence-corrected chi connectivity index (χ0v) is 11.3. The summed E-state index contributed by atoms with van der Waals surface area (Å²) in [6, 6.07) is 11.0. The summed E-state index contributed by atoms with van der Waals surface area (Å²) < 4.78 is 0. The molecule has 2 nitrogen and oxygen atoms in total. The van der Waals surface area contributed by atoms with Crippen LogP contribution in [0.2, 0.25) is 0 Å². The fourth-order valence-corrected chi connectivity index (χ4v) is 1.57. The highest BCUT2D eigenvalue weighted by Gasteiger charge is 2.02. The quantitative estimate of drug-likeness (QED) is 0.772. The molecule has 0 aliphatic carbocycles. The van der Waals surface area contributed by atoms with E-state index in [-0.39, 0.29) is 12.4 Å². The topological polar surface area (TPSA) is 15.3 Å².